The van der Waals surface area contributed by atoms with Gasteiger partial charge in [-0.2, -0.15) is 0 Å². The maximum Gasteiger partial charge on any atom is 0.315 e. The monoisotopic (exact) mass is 320 g/mol. The number of thiophene rings is 1. The Kier molecular flexibility index (Phi) is 4.99. The molecule has 0 aliphatic heterocycles. The molecule has 0 aromatic carbocycles. The summed E-state index contributed by atoms with van der Waals surface area (Å²) in [6.45, 7) is 0.886. The molecule has 8 heteroatoms. The second-order valence-corrected chi connectivity index (χ2v) is 6.48. The number of carbonyl (C=O) groups is 1. The highest BCUT2D eigenvalue weighted by atomic mass is 32.1. The lowest BCUT2D eigenvalue weighted by molar-refractivity contribution is 0.239. The lowest BCUT2D eigenvalue weighted by Gasteiger charge is -2.22. The Balaban J connectivity index is 1.48. The molecule has 0 spiro atoms. The quantitative estimate of drug-likeness (QED) is 0.885. The van der Waals surface area contributed by atoms with Crippen molar-refractivity contribution >= 4 is 17.4 Å². The summed E-state index contributed by atoms with van der Waals surface area (Å²) in [4.78, 5) is 13.0. The van der Waals surface area contributed by atoms with Crippen LogP contribution in [0.3, 0.4) is 0 Å². The van der Waals surface area contributed by atoms with Gasteiger partial charge >= 0.3 is 6.03 Å². The van der Waals surface area contributed by atoms with Gasteiger partial charge in [0.05, 0.1) is 19.1 Å². The van der Waals surface area contributed by atoms with Gasteiger partial charge in [0.15, 0.2) is 5.82 Å². The Morgan fingerprint density at radius 1 is 1.27 bits per heavy atom. The number of tetrazole rings is 1. The summed E-state index contributed by atoms with van der Waals surface area (Å²) in [6, 6.07) is 4.13. The number of hydrogen-bond donors (Lipinski definition) is 2. The molecule has 2 heterocycles. The van der Waals surface area contributed by atoms with Crippen molar-refractivity contribution in [2.45, 2.75) is 51.2 Å². The summed E-state index contributed by atoms with van der Waals surface area (Å²) in [7, 11) is 0. The molecule has 2 aromatic rings. The molecule has 0 saturated heterocycles. The predicted molar refractivity (Wildman–Crippen MR) is 83.3 cm³/mol. The smallest absolute Gasteiger partial charge is 0.315 e. The van der Waals surface area contributed by atoms with Crippen LogP contribution in [0.2, 0.25) is 0 Å². The summed E-state index contributed by atoms with van der Waals surface area (Å²) in [5, 5.41) is 19.5. The fourth-order valence-electron chi connectivity index (χ4n) is 2.74. The van der Waals surface area contributed by atoms with Crippen molar-refractivity contribution in [2.75, 3.05) is 0 Å². The van der Waals surface area contributed by atoms with Crippen LogP contribution in [0.1, 0.15) is 48.8 Å². The van der Waals surface area contributed by atoms with Crippen molar-refractivity contribution in [2.24, 2.45) is 0 Å². The van der Waals surface area contributed by atoms with E-state index in [0.717, 1.165) is 23.5 Å². The van der Waals surface area contributed by atoms with Gasteiger partial charge in [-0.15, -0.1) is 16.4 Å². The molecule has 118 valence electrons. The molecule has 1 aliphatic carbocycles. The molecule has 1 fully saturated rings. The lowest BCUT2D eigenvalue weighted by atomic mass is 9.96. The van der Waals surface area contributed by atoms with Crippen LogP contribution >= 0.6 is 11.3 Å². The standard InChI is InChI=1S/C14H20N6OS/c21-14(15-9-12-7-4-8-22-12)16-10-13-17-18-19-20(13)11-5-2-1-3-6-11/h4,7-8,11H,1-3,5-6,9-10H2,(H2,15,16,21). The number of nitrogens with zero attached hydrogens (tertiary/aromatic N) is 4. The molecule has 22 heavy (non-hydrogen) atoms. The summed E-state index contributed by atoms with van der Waals surface area (Å²) in [5.41, 5.74) is 0. The highest BCUT2D eigenvalue weighted by Gasteiger charge is 2.20. The second kappa shape index (κ2) is 7.35. The zero-order valence-corrected chi connectivity index (χ0v) is 13.2. The van der Waals surface area contributed by atoms with Crippen molar-refractivity contribution in [3.8, 4) is 0 Å². The van der Waals surface area contributed by atoms with Gasteiger partial charge in [0, 0.05) is 4.88 Å². The molecule has 2 aromatic heterocycles. The third-order valence-corrected chi connectivity index (χ3v) is 4.77. The first kappa shape index (κ1) is 15.0. The normalized spacial score (nSPS) is 15.6. The van der Waals surface area contributed by atoms with Gasteiger partial charge in [0.1, 0.15) is 0 Å². The highest BCUT2D eigenvalue weighted by molar-refractivity contribution is 7.09. The van der Waals surface area contributed by atoms with Crippen molar-refractivity contribution in [3.05, 3.63) is 28.2 Å². The maximum absolute atomic E-state index is 11.8. The van der Waals surface area contributed by atoms with Crippen LogP contribution in [0, 0.1) is 0 Å². The summed E-state index contributed by atoms with van der Waals surface area (Å²) in [5.74, 6) is 0.721. The number of hydrogen-bond acceptors (Lipinski definition) is 5. The maximum atomic E-state index is 11.8. The van der Waals surface area contributed by atoms with Crippen molar-refractivity contribution in [3.63, 3.8) is 0 Å². The van der Waals surface area contributed by atoms with Crippen molar-refractivity contribution < 1.29 is 4.79 Å². The van der Waals surface area contributed by atoms with Crippen LogP contribution in [0.5, 0.6) is 0 Å². The minimum Gasteiger partial charge on any atom is -0.333 e. The second-order valence-electron chi connectivity index (χ2n) is 5.45. The van der Waals surface area contributed by atoms with E-state index in [1.807, 2.05) is 22.2 Å². The SMILES string of the molecule is O=C(NCc1cccs1)NCc1nnnn1C1CCCCC1. The van der Waals surface area contributed by atoms with E-state index in [1.54, 1.807) is 11.3 Å². The number of carbonyl (C=O) groups excluding carboxylic acids is 1. The molecular formula is C14H20N6OS. The van der Waals surface area contributed by atoms with E-state index in [0.29, 0.717) is 19.1 Å². The first-order valence-corrected chi connectivity index (χ1v) is 8.52. The first-order valence-electron chi connectivity index (χ1n) is 7.64. The number of amides is 2. The van der Waals surface area contributed by atoms with Crippen LogP contribution in [0.15, 0.2) is 17.5 Å². The van der Waals surface area contributed by atoms with Crippen LogP contribution in [-0.2, 0) is 13.1 Å². The third kappa shape index (κ3) is 3.82. The average molecular weight is 320 g/mol. The van der Waals surface area contributed by atoms with E-state index in [4.69, 9.17) is 0 Å². The minimum absolute atomic E-state index is 0.202. The summed E-state index contributed by atoms with van der Waals surface area (Å²) in [6.07, 6.45) is 5.96. The number of aromatic nitrogens is 4. The Morgan fingerprint density at radius 2 is 2.09 bits per heavy atom. The molecule has 0 bridgehead atoms. The van der Waals surface area contributed by atoms with Crippen molar-refractivity contribution in [1.29, 1.82) is 0 Å². The highest BCUT2D eigenvalue weighted by Crippen LogP contribution is 2.27. The van der Waals surface area contributed by atoms with Gasteiger partial charge < -0.3 is 10.6 Å². The fourth-order valence-corrected chi connectivity index (χ4v) is 3.38. The zero-order valence-electron chi connectivity index (χ0n) is 12.4. The van der Waals surface area contributed by atoms with Gasteiger partial charge in [-0.25, -0.2) is 9.48 Å². The largest absolute Gasteiger partial charge is 0.333 e. The summed E-state index contributed by atoms with van der Waals surface area (Å²) < 4.78 is 1.87. The molecule has 1 aliphatic rings. The van der Waals surface area contributed by atoms with Crippen molar-refractivity contribution in [1.82, 2.24) is 30.8 Å². The van der Waals surface area contributed by atoms with E-state index in [-0.39, 0.29) is 6.03 Å². The number of rotatable bonds is 5. The van der Waals surface area contributed by atoms with Gasteiger partial charge in [0.25, 0.3) is 0 Å². The first-order chi connectivity index (χ1) is 10.8. The number of urea groups is 1. The molecular weight excluding hydrogens is 300 g/mol. The minimum atomic E-state index is -0.202. The third-order valence-electron chi connectivity index (χ3n) is 3.89. The zero-order chi connectivity index (χ0) is 15.2. The summed E-state index contributed by atoms with van der Waals surface area (Å²) >= 11 is 1.62. The van der Waals surface area contributed by atoms with E-state index < -0.39 is 0 Å². The Bertz CT molecular complexity index is 590. The fraction of sp³-hybridized carbons (Fsp3) is 0.571. The van der Waals surface area contributed by atoms with Crippen LogP contribution in [0.4, 0.5) is 4.79 Å². The molecule has 3 rings (SSSR count). The van der Waals surface area contributed by atoms with E-state index in [9.17, 15) is 4.79 Å². The lowest BCUT2D eigenvalue weighted by Crippen LogP contribution is -2.35. The van der Waals surface area contributed by atoms with Gasteiger partial charge in [-0.1, -0.05) is 25.3 Å². The molecule has 0 radical (unpaired) electrons. The van der Waals surface area contributed by atoms with Gasteiger partial charge in [0.2, 0.25) is 0 Å². The molecule has 2 amide bonds. The number of nitrogens with one attached hydrogen (secondary N) is 2. The molecule has 0 atom stereocenters. The van der Waals surface area contributed by atoms with E-state index in [2.05, 4.69) is 26.2 Å². The van der Waals surface area contributed by atoms with E-state index in [1.165, 1.54) is 19.3 Å². The molecule has 0 unspecified atom stereocenters. The predicted octanol–water partition coefficient (Wildman–Crippen LogP) is 2.24. The molecule has 1 saturated carbocycles. The Labute approximate surface area is 133 Å². The topological polar surface area (TPSA) is 84.7 Å². The van der Waals surface area contributed by atoms with Crippen LogP contribution in [0.25, 0.3) is 0 Å². The van der Waals surface area contributed by atoms with Gasteiger partial charge in [-0.05, 0) is 34.7 Å². The van der Waals surface area contributed by atoms with E-state index >= 15 is 0 Å². The average Bonchev–Trinajstić information content (AvgIpc) is 3.23. The Hall–Kier alpha value is -1.96. The van der Waals surface area contributed by atoms with Gasteiger partial charge in [-0.3, -0.25) is 0 Å². The van der Waals surface area contributed by atoms with Crippen LogP contribution in [-0.4, -0.2) is 26.2 Å². The molecule has 7 nitrogen and oxygen atoms in total. The molecule has 2 N–H and O–H groups in total. The Morgan fingerprint density at radius 3 is 2.86 bits per heavy atom. The van der Waals surface area contributed by atoms with Crippen LogP contribution < -0.4 is 10.6 Å².